The molecule has 0 radical (unpaired) electrons. The van der Waals surface area contributed by atoms with E-state index in [2.05, 4.69) is 15.5 Å². The van der Waals surface area contributed by atoms with Crippen molar-refractivity contribution in [2.45, 2.75) is 20.8 Å². The average Bonchev–Trinajstić information content (AvgIpc) is 3.07. The quantitative estimate of drug-likeness (QED) is 0.487. The van der Waals surface area contributed by atoms with Gasteiger partial charge < -0.3 is 9.84 Å². The SMILES string of the molecule is C/C(=N\NC(=O)COc1cccc(C)c1)c1sc(-c2ccc(O)cc2)nc1C. The number of benzene rings is 2. The first-order valence-electron chi connectivity index (χ1n) is 8.72. The number of hydrazone groups is 1. The van der Waals surface area contributed by atoms with Gasteiger partial charge >= 0.3 is 0 Å². The van der Waals surface area contributed by atoms with Gasteiger partial charge in [0.15, 0.2) is 6.61 Å². The van der Waals surface area contributed by atoms with E-state index < -0.39 is 0 Å². The maximum Gasteiger partial charge on any atom is 0.277 e. The molecule has 2 aromatic carbocycles. The second-order valence-electron chi connectivity index (χ2n) is 6.32. The number of amides is 1. The Hall–Kier alpha value is -3.19. The van der Waals surface area contributed by atoms with Gasteiger partial charge in [-0.2, -0.15) is 5.10 Å². The second-order valence-corrected chi connectivity index (χ2v) is 7.32. The predicted molar refractivity (Wildman–Crippen MR) is 111 cm³/mol. The lowest BCUT2D eigenvalue weighted by atomic mass is 10.2. The Morgan fingerprint density at radius 3 is 2.68 bits per heavy atom. The number of aromatic hydroxyl groups is 1. The fourth-order valence-corrected chi connectivity index (χ4v) is 3.56. The van der Waals surface area contributed by atoms with Crippen molar-refractivity contribution in [3.8, 4) is 22.1 Å². The lowest BCUT2D eigenvalue weighted by Gasteiger charge is -2.06. The van der Waals surface area contributed by atoms with E-state index >= 15 is 0 Å². The molecule has 0 bridgehead atoms. The monoisotopic (exact) mass is 395 g/mol. The van der Waals surface area contributed by atoms with Crippen LogP contribution in [-0.2, 0) is 4.79 Å². The van der Waals surface area contributed by atoms with Crippen molar-refractivity contribution in [1.29, 1.82) is 0 Å². The molecule has 144 valence electrons. The topological polar surface area (TPSA) is 83.8 Å². The normalized spacial score (nSPS) is 11.3. The highest BCUT2D eigenvalue weighted by Gasteiger charge is 2.12. The number of nitrogens with one attached hydrogen (secondary N) is 1. The van der Waals surface area contributed by atoms with Crippen LogP contribution in [-0.4, -0.2) is 28.3 Å². The van der Waals surface area contributed by atoms with E-state index in [1.807, 2.05) is 51.1 Å². The molecule has 6 nitrogen and oxygen atoms in total. The number of carbonyl (C=O) groups excluding carboxylic acids is 1. The number of phenolic OH excluding ortho intramolecular Hbond substituents is 1. The summed E-state index contributed by atoms with van der Waals surface area (Å²) in [6.07, 6.45) is 0. The van der Waals surface area contributed by atoms with Crippen LogP contribution >= 0.6 is 11.3 Å². The molecule has 0 aliphatic heterocycles. The molecule has 1 amide bonds. The van der Waals surface area contributed by atoms with E-state index in [9.17, 15) is 9.90 Å². The Labute approximate surface area is 167 Å². The maximum atomic E-state index is 12.0. The first-order valence-corrected chi connectivity index (χ1v) is 9.54. The Bertz CT molecular complexity index is 1010. The second kappa shape index (κ2) is 8.67. The summed E-state index contributed by atoms with van der Waals surface area (Å²) >= 11 is 1.48. The standard InChI is InChI=1S/C21H21N3O3S/c1-13-5-4-6-18(11-13)27-12-19(26)24-23-15(3)20-14(2)22-21(28-20)16-7-9-17(25)10-8-16/h4-11,25H,12H2,1-3H3,(H,24,26)/b23-15+. The zero-order valence-electron chi connectivity index (χ0n) is 15.9. The zero-order chi connectivity index (χ0) is 20.1. The molecule has 0 atom stereocenters. The maximum absolute atomic E-state index is 12.0. The predicted octanol–water partition coefficient (Wildman–Crippen LogP) is 4.05. The Kier molecular flexibility index (Phi) is 6.06. The Morgan fingerprint density at radius 1 is 1.21 bits per heavy atom. The molecule has 1 heterocycles. The minimum absolute atomic E-state index is 0.110. The van der Waals surface area contributed by atoms with E-state index in [1.54, 1.807) is 18.2 Å². The van der Waals surface area contributed by atoms with E-state index in [1.165, 1.54) is 11.3 Å². The van der Waals surface area contributed by atoms with Gasteiger partial charge in [-0.3, -0.25) is 4.79 Å². The van der Waals surface area contributed by atoms with Crippen LogP contribution in [0.25, 0.3) is 10.6 Å². The lowest BCUT2D eigenvalue weighted by molar-refractivity contribution is -0.123. The number of carbonyl (C=O) groups is 1. The molecule has 3 aromatic rings. The van der Waals surface area contributed by atoms with Crippen molar-refractivity contribution in [1.82, 2.24) is 10.4 Å². The third-order valence-corrected chi connectivity index (χ3v) is 5.26. The average molecular weight is 395 g/mol. The van der Waals surface area contributed by atoms with Crippen LogP contribution in [0.1, 0.15) is 23.1 Å². The highest BCUT2D eigenvalue weighted by molar-refractivity contribution is 7.17. The number of hydrogen-bond acceptors (Lipinski definition) is 6. The minimum Gasteiger partial charge on any atom is -0.508 e. The molecule has 0 saturated heterocycles. The van der Waals surface area contributed by atoms with E-state index in [0.29, 0.717) is 11.5 Å². The summed E-state index contributed by atoms with van der Waals surface area (Å²) in [5.74, 6) is 0.528. The van der Waals surface area contributed by atoms with E-state index in [0.717, 1.165) is 26.7 Å². The largest absolute Gasteiger partial charge is 0.508 e. The minimum atomic E-state index is -0.332. The van der Waals surface area contributed by atoms with Gasteiger partial charge in [-0.15, -0.1) is 11.3 Å². The molecule has 28 heavy (non-hydrogen) atoms. The van der Waals surface area contributed by atoms with Gasteiger partial charge in [0, 0.05) is 5.56 Å². The molecule has 0 fully saturated rings. The van der Waals surface area contributed by atoms with Crippen molar-refractivity contribution in [2.75, 3.05) is 6.61 Å². The van der Waals surface area contributed by atoms with Crippen LogP contribution in [0.15, 0.2) is 53.6 Å². The fourth-order valence-electron chi connectivity index (χ4n) is 2.54. The summed E-state index contributed by atoms with van der Waals surface area (Å²) in [7, 11) is 0. The summed E-state index contributed by atoms with van der Waals surface area (Å²) in [4.78, 5) is 17.5. The van der Waals surface area contributed by atoms with Crippen molar-refractivity contribution >= 4 is 23.0 Å². The molecule has 0 saturated carbocycles. The number of nitrogens with zero attached hydrogens (tertiary/aromatic N) is 2. The zero-order valence-corrected chi connectivity index (χ0v) is 16.7. The summed E-state index contributed by atoms with van der Waals surface area (Å²) in [5.41, 5.74) is 6.01. The number of hydrogen-bond donors (Lipinski definition) is 2. The third-order valence-electron chi connectivity index (χ3n) is 3.95. The molecule has 0 aliphatic carbocycles. The smallest absolute Gasteiger partial charge is 0.277 e. The number of ether oxygens (including phenoxy) is 1. The lowest BCUT2D eigenvalue weighted by Crippen LogP contribution is -2.25. The van der Waals surface area contributed by atoms with Gasteiger partial charge in [0.2, 0.25) is 0 Å². The van der Waals surface area contributed by atoms with Gasteiger partial charge in [-0.05, 0) is 62.7 Å². The van der Waals surface area contributed by atoms with Crippen molar-refractivity contribution in [2.24, 2.45) is 5.10 Å². The summed E-state index contributed by atoms with van der Waals surface area (Å²) in [5, 5.41) is 14.4. The van der Waals surface area contributed by atoms with Crippen LogP contribution in [0.2, 0.25) is 0 Å². The molecule has 7 heteroatoms. The molecular weight excluding hydrogens is 374 g/mol. The van der Waals surface area contributed by atoms with Crippen molar-refractivity contribution in [3.05, 3.63) is 64.7 Å². The summed E-state index contributed by atoms with van der Waals surface area (Å²) in [6, 6.07) is 14.4. The summed E-state index contributed by atoms with van der Waals surface area (Å²) in [6.45, 7) is 5.57. The Balaban J connectivity index is 1.63. The fraction of sp³-hybridized carbons (Fsp3) is 0.190. The number of phenols is 1. The first-order chi connectivity index (χ1) is 13.4. The number of rotatable bonds is 6. The van der Waals surface area contributed by atoms with E-state index in [4.69, 9.17) is 4.74 Å². The van der Waals surface area contributed by atoms with Gasteiger partial charge in [-0.1, -0.05) is 12.1 Å². The third kappa shape index (κ3) is 4.95. The van der Waals surface area contributed by atoms with E-state index in [-0.39, 0.29) is 18.3 Å². The van der Waals surface area contributed by atoms with Crippen LogP contribution in [0, 0.1) is 13.8 Å². The molecule has 0 unspecified atom stereocenters. The van der Waals surface area contributed by atoms with Gasteiger partial charge in [0.1, 0.15) is 16.5 Å². The first kappa shape index (κ1) is 19.6. The molecule has 0 aliphatic rings. The van der Waals surface area contributed by atoms with Crippen LogP contribution in [0.4, 0.5) is 0 Å². The van der Waals surface area contributed by atoms with Gasteiger partial charge in [-0.25, -0.2) is 10.4 Å². The van der Waals surface area contributed by atoms with Crippen molar-refractivity contribution < 1.29 is 14.6 Å². The summed E-state index contributed by atoms with van der Waals surface area (Å²) < 4.78 is 5.47. The van der Waals surface area contributed by atoms with Crippen LogP contribution in [0.5, 0.6) is 11.5 Å². The molecule has 1 aromatic heterocycles. The molecule has 0 spiro atoms. The van der Waals surface area contributed by atoms with Gasteiger partial charge in [0.25, 0.3) is 5.91 Å². The van der Waals surface area contributed by atoms with Gasteiger partial charge in [0.05, 0.1) is 16.3 Å². The number of aryl methyl sites for hydroxylation is 2. The highest BCUT2D eigenvalue weighted by atomic mass is 32.1. The molecular formula is C21H21N3O3S. The molecule has 2 N–H and O–H groups in total. The van der Waals surface area contributed by atoms with Crippen molar-refractivity contribution in [3.63, 3.8) is 0 Å². The Morgan fingerprint density at radius 2 is 1.96 bits per heavy atom. The van der Waals surface area contributed by atoms with Crippen LogP contribution in [0.3, 0.4) is 0 Å². The highest BCUT2D eigenvalue weighted by Crippen LogP contribution is 2.29. The number of thiazole rings is 1. The molecule has 3 rings (SSSR count). The number of aromatic nitrogens is 1. The van der Waals surface area contributed by atoms with Crippen LogP contribution < -0.4 is 10.2 Å².